The number of rotatable bonds is 21. The van der Waals surface area contributed by atoms with Crippen LogP contribution in [0.5, 0.6) is 17.2 Å². The average Bonchev–Trinajstić information content (AvgIpc) is 2.77. The van der Waals surface area contributed by atoms with Crippen molar-refractivity contribution >= 4 is 0 Å². The maximum Gasteiger partial charge on any atom is 0.200 e. The lowest BCUT2D eigenvalue weighted by molar-refractivity contribution is 0.364. The van der Waals surface area contributed by atoms with Gasteiger partial charge in [0.15, 0.2) is 11.5 Å². The van der Waals surface area contributed by atoms with Crippen LogP contribution in [0.1, 0.15) is 141 Å². The molecule has 3 heteroatoms. The van der Waals surface area contributed by atoms with Gasteiger partial charge in [-0.25, -0.2) is 0 Å². The van der Waals surface area contributed by atoms with Crippen molar-refractivity contribution in [2.45, 2.75) is 142 Å². The van der Waals surface area contributed by atoms with Crippen molar-refractivity contribution < 1.29 is 15.3 Å². The number of benzene rings is 1. The molecule has 0 aliphatic heterocycles. The number of phenolic OH excluding ortho intramolecular Hbond substituents is 3. The molecule has 0 aliphatic carbocycles. The van der Waals surface area contributed by atoms with Gasteiger partial charge >= 0.3 is 0 Å². The molecule has 1 rings (SSSR count). The van der Waals surface area contributed by atoms with E-state index >= 15 is 0 Å². The predicted octanol–water partition coefficient (Wildman–Crippen LogP) is 9.17. The Morgan fingerprint density at radius 1 is 0.452 bits per heavy atom. The zero-order valence-electron chi connectivity index (χ0n) is 20.3. The van der Waals surface area contributed by atoms with Gasteiger partial charge in [0.1, 0.15) is 0 Å². The summed E-state index contributed by atoms with van der Waals surface area (Å²) < 4.78 is 0. The molecular formula is C28H50O3. The highest BCUT2D eigenvalue weighted by atomic mass is 16.3. The summed E-state index contributed by atoms with van der Waals surface area (Å²) >= 11 is 0. The van der Waals surface area contributed by atoms with Crippen LogP contribution in [0, 0.1) is 0 Å². The first-order chi connectivity index (χ1) is 15.2. The molecule has 0 saturated heterocycles. The highest BCUT2D eigenvalue weighted by Crippen LogP contribution is 2.37. The lowest BCUT2D eigenvalue weighted by Gasteiger charge is -2.07. The van der Waals surface area contributed by atoms with E-state index in [0.717, 1.165) is 24.8 Å². The van der Waals surface area contributed by atoms with E-state index in [1.807, 2.05) is 0 Å². The molecule has 180 valence electrons. The van der Waals surface area contributed by atoms with E-state index in [9.17, 15) is 15.3 Å². The van der Waals surface area contributed by atoms with Crippen molar-refractivity contribution in [1.29, 1.82) is 0 Å². The van der Waals surface area contributed by atoms with Crippen LogP contribution < -0.4 is 0 Å². The van der Waals surface area contributed by atoms with E-state index in [2.05, 4.69) is 6.92 Å². The van der Waals surface area contributed by atoms with E-state index < -0.39 is 5.75 Å². The Morgan fingerprint density at radius 2 is 0.806 bits per heavy atom. The van der Waals surface area contributed by atoms with Crippen LogP contribution in [0.4, 0.5) is 0 Å². The van der Waals surface area contributed by atoms with Crippen molar-refractivity contribution in [3.8, 4) is 17.2 Å². The Kier molecular flexibility index (Phi) is 17.2. The van der Waals surface area contributed by atoms with Crippen LogP contribution in [-0.2, 0) is 6.42 Å². The van der Waals surface area contributed by atoms with Crippen LogP contribution in [0.2, 0.25) is 0 Å². The number of hydrogen-bond acceptors (Lipinski definition) is 3. The summed E-state index contributed by atoms with van der Waals surface area (Å²) in [6.45, 7) is 2.28. The van der Waals surface area contributed by atoms with Crippen molar-refractivity contribution in [3.05, 3.63) is 17.7 Å². The minimum absolute atomic E-state index is 0.169. The summed E-state index contributed by atoms with van der Waals surface area (Å²) in [5.74, 6) is -0.826. The third-order valence-electron chi connectivity index (χ3n) is 6.51. The first kappa shape index (κ1) is 27.7. The van der Waals surface area contributed by atoms with Crippen molar-refractivity contribution in [1.82, 2.24) is 0 Å². The van der Waals surface area contributed by atoms with Crippen LogP contribution in [0.15, 0.2) is 12.1 Å². The second-order valence-electron chi connectivity index (χ2n) is 9.41. The monoisotopic (exact) mass is 434 g/mol. The highest BCUT2D eigenvalue weighted by molar-refractivity contribution is 5.53. The Bertz CT molecular complexity index is 541. The maximum absolute atomic E-state index is 9.83. The molecule has 0 aromatic heterocycles. The lowest BCUT2D eigenvalue weighted by atomic mass is 10.0. The number of aryl methyl sites for hydroxylation is 1. The fraction of sp³-hybridized carbons (Fsp3) is 0.786. The summed E-state index contributed by atoms with van der Waals surface area (Å²) in [5, 5.41) is 28.7. The van der Waals surface area contributed by atoms with Gasteiger partial charge in [-0.3, -0.25) is 0 Å². The van der Waals surface area contributed by atoms with Gasteiger partial charge in [0, 0.05) is 0 Å². The molecule has 0 bridgehead atoms. The molecule has 3 nitrogen and oxygen atoms in total. The largest absolute Gasteiger partial charge is 0.504 e. The molecule has 0 fully saturated rings. The molecule has 0 aliphatic rings. The first-order valence-electron chi connectivity index (χ1n) is 13.4. The molecule has 0 heterocycles. The second kappa shape index (κ2) is 19.3. The predicted molar refractivity (Wildman–Crippen MR) is 133 cm³/mol. The molecule has 31 heavy (non-hydrogen) atoms. The molecule has 1 aromatic carbocycles. The van der Waals surface area contributed by atoms with Crippen molar-refractivity contribution in [3.63, 3.8) is 0 Å². The number of unbranched alkanes of at least 4 members (excludes halogenated alkanes) is 19. The van der Waals surface area contributed by atoms with Crippen LogP contribution >= 0.6 is 0 Å². The average molecular weight is 435 g/mol. The smallest absolute Gasteiger partial charge is 0.200 e. The fourth-order valence-corrected chi connectivity index (χ4v) is 4.38. The number of hydrogen-bond donors (Lipinski definition) is 3. The topological polar surface area (TPSA) is 60.7 Å². The molecule has 0 radical (unpaired) electrons. The number of aromatic hydroxyl groups is 3. The van der Waals surface area contributed by atoms with Gasteiger partial charge in [0.25, 0.3) is 0 Å². The minimum Gasteiger partial charge on any atom is -0.504 e. The fourth-order valence-electron chi connectivity index (χ4n) is 4.38. The highest BCUT2D eigenvalue weighted by Gasteiger charge is 2.10. The first-order valence-corrected chi connectivity index (χ1v) is 13.4. The van der Waals surface area contributed by atoms with Crippen LogP contribution in [-0.4, -0.2) is 15.3 Å². The summed E-state index contributed by atoms with van der Waals surface area (Å²) in [5.41, 5.74) is 0.720. The van der Waals surface area contributed by atoms with Gasteiger partial charge in [-0.1, -0.05) is 135 Å². The maximum atomic E-state index is 9.83. The van der Waals surface area contributed by atoms with E-state index in [1.54, 1.807) is 6.07 Å². The standard InChI is InChI=1S/C28H50O3/c1-2-3-4-5-6-7-8-9-10-11-12-13-14-15-16-17-18-19-20-21-22-25-23-24-26(29)28(31)27(25)30/h23-24,29-31H,2-22H2,1H3. The van der Waals surface area contributed by atoms with Gasteiger partial charge in [-0.05, 0) is 24.5 Å². The van der Waals surface area contributed by atoms with Gasteiger partial charge in [-0.15, -0.1) is 0 Å². The van der Waals surface area contributed by atoms with Gasteiger partial charge in [0.2, 0.25) is 5.75 Å². The summed E-state index contributed by atoms with van der Waals surface area (Å²) in [7, 11) is 0. The third kappa shape index (κ3) is 14.3. The van der Waals surface area contributed by atoms with Crippen molar-refractivity contribution in [2.75, 3.05) is 0 Å². The van der Waals surface area contributed by atoms with Crippen LogP contribution in [0.3, 0.4) is 0 Å². The Morgan fingerprint density at radius 3 is 1.19 bits per heavy atom. The normalized spacial score (nSPS) is 11.3. The summed E-state index contributed by atoms with van der Waals surface area (Å²) in [6.07, 6.45) is 28.1. The van der Waals surface area contributed by atoms with Crippen LogP contribution in [0.25, 0.3) is 0 Å². The van der Waals surface area contributed by atoms with Gasteiger partial charge in [-0.2, -0.15) is 0 Å². The van der Waals surface area contributed by atoms with Gasteiger partial charge in [0.05, 0.1) is 0 Å². The van der Waals surface area contributed by atoms with E-state index in [1.165, 1.54) is 122 Å². The number of phenols is 3. The zero-order chi connectivity index (χ0) is 22.6. The molecule has 0 amide bonds. The molecular weight excluding hydrogens is 384 g/mol. The Hall–Kier alpha value is -1.38. The molecule has 0 saturated carbocycles. The molecule has 0 atom stereocenters. The van der Waals surface area contributed by atoms with E-state index in [-0.39, 0.29) is 11.5 Å². The van der Waals surface area contributed by atoms with E-state index in [0.29, 0.717) is 0 Å². The lowest BCUT2D eigenvalue weighted by Crippen LogP contribution is -1.88. The summed E-state index contributed by atoms with van der Waals surface area (Å²) in [6, 6.07) is 3.14. The summed E-state index contributed by atoms with van der Waals surface area (Å²) in [4.78, 5) is 0. The minimum atomic E-state index is -0.398. The Labute approximate surface area is 192 Å². The molecule has 3 N–H and O–H groups in total. The zero-order valence-corrected chi connectivity index (χ0v) is 20.3. The van der Waals surface area contributed by atoms with E-state index in [4.69, 9.17) is 0 Å². The molecule has 1 aromatic rings. The van der Waals surface area contributed by atoms with Crippen molar-refractivity contribution in [2.24, 2.45) is 0 Å². The second-order valence-corrected chi connectivity index (χ2v) is 9.41. The quantitative estimate of drug-likeness (QED) is 0.133. The SMILES string of the molecule is CCCCCCCCCCCCCCCCCCCCCCc1ccc(O)c(O)c1O. The molecule has 0 spiro atoms. The Balaban J connectivity index is 1.78. The molecule has 0 unspecified atom stereocenters. The van der Waals surface area contributed by atoms with Gasteiger partial charge < -0.3 is 15.3 Å². The third-order valence-corrected chi connectivity index (χ3v) is 6.51.